The Morgan fingerprint density at radius 1 is 1.00 bits per heavy atom. The molecular formula is C18H12Cl2FN3O. The lowest BCUT2D eigenvalue weighted by Gasteiger charge is -2.09. The van der Waals surface area contributed by atoms with E-state index in [1.807, 2.05) is 0 Å². The molecule has 4 nitrogen and oxygen atoms in total. The van der Waals surface area contributed by atoms with Crippen molar-refractivity contribution in [1.29, 1.82) is 0 Å². The van der Waals surface area contributed by atoms with E-state index in [0.717, 1.165) is 0 Å². The van der Waals surface area contributed by atoms with E-state index in [1.165, 1.54) is 18.3 Å². The van der Waals surface area contributed by atoms with Gasteiger partial charge in [-0.05, 0) is 48.5 Å². The van der Waals surface area contributed by atoms with E-state index < -0.39 is 5.91 Å². The molecule has 0 saturated heterocycles. The fourth-order valence-corrected chi connectivity index (χ4v) is 2.45. The van der Waals surface area contributed by atoms with Crippen molar-refractivity contribution < 1.29 is 9.18 Å². The first-order chi connectivity index (χ1) is 12.0. The first kappa shape index (κ1) is 17.2. The molecule has 2 N–H and O–H groups in total. The normalized spacial score (nSPS) is 10.4. The molecule has 0 aliphatic rings. The third-order valence-corrected chi connectivity index (χ3v) is 3.85. The second-order valence-electron chi connectivity index (χ2n) is 5.15. The quantitative estimate of drug-likeness (QED) is 0.630. The zero-order valence-corrected chi connectivity index (χ0v) is 14.3. The third-order valence-electron chi connectivity index (χ3n) is 3.29. The second-order valence-corrected chi connectivity index (χ2v) is 5.99. The first-order valence-corrected chi connectivity index (χ1v) is 8.02. The maximum atomic E-state index is 13.2. The average molecular weight is 376 g/mol. The Kier molecular flexibility index (Phi) is 5.16. The van der Waals surface area contributed by atoms with Crippen molar-refractivity contribution in [2.24, 2.45) is 0 Å². The van der Waals surface area contributed by atoms with Gasteiger partial charge < -0.3 is 10.6 Å². The SMILES string of the molecule is O=C(Nc1cc(Cl)ccc1Cl)c1ccc(Nc2cccc(F)c2)cn1. The number of aromatic nitrogens is 1. The number of rotatable bonds is 4. The van der Waals surface area contributed by atoms with Gasteiger partial charge in [-0.25, -0.2) is 9.37 Å². The predicted octanol–water partition coefficient (Wildman–Crippen LogP) is 5.52. The van der Waals surface area contributed by atoms with Gasteiger partial charge >= 0.3 is 0 Å². The molecule has 0 saturated carbocycles. The summed E-state index contributed by atoms with van der Waals surface area (Å²) in [6.45, 7) is 0. The Labute approximate surface area is 153 Å². The number of amides is 1. The second kappa shape index (κ2) is 7.51. The number of hydrogen-bond acceptors (Lipinski definition) is 3. The van der Waals surface area contributed by atoms with Crippen LogP contribution < -0.4 is 10.6 Å². The lowest BCUT2D eigenvalue weighted by molar-refractivity contribution is 0.102. The number of carbonyl (C=O) groups excluding carboxylic acids is 1. The van der Waals surface area contributed by atoms with E-state index in [0.29, 0.717) is 27.1 Å². The molecule has 0 fully saturated rings. The van der Waals surface area contributed by atoms with E-state index in [4.69, 9.17) is 23.2 Å². The van der Waals surface area contributed by atoms with Crippen LogP contribution in [0.1, 0.15) is 10.5 Å². The number of halogens is 3. The van der Waals surface area contributed by atoms with Crippen LogP contribution in [0.4, 0.5) is 21.5 Å². The van der Waals surface area contributed by atoms with Crippen LogP contribution in [-0.4, -0.2) is 10.9 Å². The van der Waals surface area contributed by atoms with E-state index in [1.54, 1.807) is 42.5 Å². The zero-order valence-electron chi connectivity index (χ0n) is 12.8. The Hall–Kier alpha value is -2.63. The molecule has 1 amide bonds. The highest BCUT2D eigenvalue weighted by molar-refractivity contribution is 6.35. The van der Waals surface area contributed by atoms with Crippen molar-refractivity contribution in [2.45, 2.75) is 0 Å². The highest BCUT2D eigenvalue weighted by atomic mass is 35.5. The largest absolute Gasteiger partial charge is 0.354 e. The maximum Gasteiger partial charge on any atom is 0.274 e. The topological polar surface area (TPSA) is 54.0 Å². The lowest BCUT2D eigenvalue weighted by atomic mass is 10.2. The minimum atomic E-state index is -0.415. The number of hydrogen-bond donors (Lipinski definition) is 2. The Morgan fingerprint density at radius 2 is 1.84 bits per heavy atom. The molecule has 0 atom stereocenters. The summed E-state index contributed by atoms with van der Waals surface area (Å²) in [6, 6.07) is 14.1. The molecule has 3 aromatic rings. The minimum Gasteiger partial charge on any atom is -0.354 e. The molecule has 25 heavy (non-hydrogen) atoms. The molecule has 7 heteroatoms. The van der Waals surface area contributed by atoms with Gasteiger partial charge in [0.25, 0.3) is 5.91 Å². The van der Waals surface area contributed by atoms with Crippen LogP contribution in [-0.2, 0) is 0 Å². The van der Waals surface area contributed by atoms with Crippen molar-refractivity contribution in [3.05, 3.63) is 82.4 Å². The van der Waals surface area contributed by atoms with Crippen LogP contribution >= 0.6 is 23.2 Å². The summed E-state index contributed by atoms with van der Waals surface area (Å²) in [5.74, 6) is -0.756. The number of carbonyl (C=O) groups is 1. The van der Waals surface area contributed by atoms with Gasteiger partial charge in [0.1, 0.15) is 11.5 Å². The van der Waals surface area contributed by atoms with Crippen LogP contribution in [0.5, 0.6) is 0 Å². The highest BCUT2D eigenvalue weighted by Crippen LogP contribution is 2.26. The van der Waals surface area contributed by atoms with E-state index in [2.05, 4.69) is 15.6 Å². The zero-order chi connectivity index (χ0) is 17.8. The van der Waals surface area contributed by atoms with Gasteiger partial charge in [-0.2, -0.15) is 0 Å². The Balaban J connectivity index is 1.71. The summed E-state index contributed by atoms with van der Waals surface area (Å²) in [5, 5.41) is 6.50. The summed E-state index contributed by atoms with van der Waals surface area (Å²) in [6.07, 6.45) is 1.49. The molecule has 126 valence electrons. The molecule has 0 aliphatic carbocycles. The summed E-state index contributed by atoms with van der Waals surface area (Å²) in [5.41, 5.74) is 1.83. The van der Waals surface area contributed by atoms with Crippen LogP contribution in [0.3, 0.4) is 0 Å². The standard InChI is InChI=1S/C18H12Cl2FN3O/c19-11-4-6-15(20)17(8-11)24-18(25)16-7-5-14(10-22-16)23-13-3-1-2-12(21)9-13/h1-10,23H,(H,24,25). The fourth-order valence-electron chi connectivity index (χ4n) is 2.11. The first-order valence-electron chi connectivity index (χ1n) is 7.26. The lowest BCUT2D eigenvalue weighted by Crippen LogP contribution is -2.14. The Bertz CT molecular complexity index is 916. The summed E-state index contributed by atoms with van der Waals surface area (Å²) in [7, 11) is 0. The number of benzene rings is 2. The number of anilines is 3. The number of nitrogens with zero attached hydrogens (tertiary/aromatic N) is 1. The van der Waals surface area contributed by atoms with Gasteiger partial charge in [-0.1, -0.05) is 29.3 Å². The van der Waals surface area contributed by atoms with Gasteiger partial charge in [0.2, 0.25) is 0 Å². The van der Waals surface area contributed by atoms with Crippen LogP contribution in [0.2, 0.25) is 10.0 Å². The van der Waals surface area contributed by atoms with E-state index >= 15 is 0 Å². The molecule has 2 aromatic carbocycles. The van der Waals surface area contributed by atoms with Gasteiger partial charge in [0.15, 0.2) is 0 Å². The molecular weight excluding hydrogens is 364 g/mol. The summed E-state index contributed by atoms with van der Waals surface area (Å²) < 4.78 is 13.2. The monoisotopic (exact) mass is 375 g/mol. The van der Waals surface area contributed by atoms with Crippen molar-refractivity contribution in [3.63, 3.8) is 0 Å². The fraction of sp³-hybridized carbons (Fsp3) is 0. The van der Waals surface area contributed by atoms with Gasteiger partial charge in [-0.15, -0.1) is 0 Å². The highest BCUT2D eigenvalue weighted by Gasteiger charge is 2.10. The molecule has 0 radical (unpaired) electrons. The summed E-state index contributed by atoms with van der Waals surface area (Å²) in [4.78, 5) is 16.3. The minimum absolute atomic E-state index is 0.209. The maximum absolute atomic E-state index is 13.2. The van der Waals surface area contributed by atoms with Crippen molar-refractivity contribution >= 4 is 46.2 Å². The van der Waals surface area contributed by atoms with Crippen molar-refractivity contribution in [1.82, 2.24) is 4.98 Å². The van der Waals surface area contributed by atoms with E-state index in [9.17, 15) is 9.18 Å². The average Bonchev–Trinajstić information content (AvgIpc) is 2.59. The van der Waals surface area contributed by atoms with Crippen LogP contribution in [0, 0.1) is 5.82 Å². The number of nitrogens with one attached hydrogen (secondary N) is 2. The van der Waals surface area contributed by atoms with Crippen LogP contribution in [0.15, 0.2) is 60.8 Å². The molecule has 0 unspecified atom stereocenters. The number of pyridine rings is 1. The van der Waals surface area contributed by atoms with Crippen LogP contribution in [0.25, 0.3) is 0 Å². The molecule has 3 rings (SSSR count). The molecule has 1 heterocycles. The van der Waals surface area contributed by atoms with Gasteiger partial charge in [0.05, 0.1) is 22.6 Å². The molecule has 1 aromatic heterocycles. The van der Waals surface area contributed by atoms with Crippen molar-refractivity contribution in [2.75, 3.05) is 10.6 Å². The van der Waals surface area contributed by atoms with Crippen molar-refractivity contribution in [3.8, 4) is 0 Å². The Morgan fingerprint density at radius 3 is 2.56 bits per heavy atom. The smallest absolute Gasteiger partial charge is 0.274 e. The van der Waals surface area contributed by atoms with Gasteiger partial charge in [0, 0.05) is 10.7 Å². The van der Waals surface area contributed by atoms with E-state index in [-0.39, 0.29) is 11.5 Å². The molecule has 0 aliphatic heterocycles. The predicted molar refractivity (Wildman–Crippen MR) is 98.3 cm³/mol. The van der Waals surface area contributed by atoms with Gasteiger partial charge in [-0.3, -0.25) is 4.79 Å². The third kappa shape index (κ3) is 4.47. The molecule has 0 spiro atoms. The molecule has 0 bridgehead atoms. The summed E-state index contributed by atoms with van der Waals surface area (Å²) >= 11 is 11.9.